The van der Waals surface area contributed by atoms with E-state index in [1.807, 2.05) is 18.2 Å². The fourth-order valence-corrected chi connectivity index (χ4v) is 2.99. The lowest BCUT2D eigenvalue weighted by Gasteiger charge is -2.27. The number of benzene rings is 1. The highest BCUT2D eigenvalue weighted by molar-refractivity contribution is 5.96. The summed E-state index contributed by atoms with van der Waals surface area (Å²) in [5, 5.41) is 13.2. The molecule has 1 unspecified atom stereocenters. The van der Waals surface area contributed by atoms with Gasteiger partial charge >= 0.3 is 0 Å². The Kier molecular flexibility index (Phi) is 3.56. The van der Waals surface area contributed by atoms with Crippen LogP contribution in [0, 0.1) is 5.92 Å². The lowest BCUT2D eigenvalue weighted by Crippen LogP contribution is -2.23. The second-order valence-electron chi connectivity index (χ2n) is 5.82. The molecule has 1 aliphatic heterocycles. The van der Waals surface area contributed by atoms with E-state index in [1.165, 1.54) is 19.3 Å². The molecule has 1 atom stereocenters. The lowest BCUT2D eigenvalue weighted by molar-refractivity contribution is 0.0955. The summed E-state index contributed by atoms with van der Waals surface area (Å²) >= 11 is 0. The molecule has 1 aliphatic carbocycles. The molecule has 1 saturated carbocycles. The molecule has 1 aromatic carbocycles. The third-order valence-corrected chi connectivity index (χ3v) is 4.45. The minimum absolute atomic E-state index is 0.00481. The van der Waals surface area contributed by atoms with Gasteiger partial charge in [-0.15, -0.1) is 0 Å². The second kappa shape index (κ2) is 5.33. The molecule has 3 rings (SSSR count). The topological polar surface area (TPSA) is 49.3 Å². The number of carbonyl (C=O) groups excluding carboxylic acids is 1. The first-order valence-corrected chi connectivity index (χ1v) is 7.33. The van der Waals surface area contributed by atoms with Crippen LogP contribution < -0.4 is 5.32 Å². The first-order chi connectivity index (χ1) is 9.24. The van der Waals surface area contributed by atoms with E-state index in [1.54, 1.807) is 0 Å². The average molecular weight is 259 g/mol. The fourth-order valence-electron chi connectivity index (χ4n) is 2.99. The maximum Gasteiger partial charge on any atom is 0.251 e. The number of aliphatic hydroxyl groups is 1. The van der Waals surface area contributed by atoms with Gasteiger partial charge in [0.2, 0.25) is 0 Å². The van der Waals surface area contributed by atoms with Crippen molar-refractivity contribution >= 4 is 5.91 Å². The van der Waals surface area contributed by atoms with Gasteiger partial charge in [0.1, 0.15) is 0 Å². The predicted molar refractivity (Wildman–Crippen MR) is 74.0 cm³/mol. The maximum atomic E-state index is 12.0. The van der Waals surface area contributed by atoms with Gasteiger partial charge in [0, 0.05) is 12.1 Å². The van der Waals surface area contributed by atoms with Crippen molar-refractivity contribution in [3.63, 3.8) is 0 Å². The van der Waals surface area contributed by atoms with Gasteiger partial charge in [-0.1, -0.05) is 31.4 Å². The first kappa shape index (κ1) is 12.7. The van der Waals surface area contributed by atoms with E-state index < -0.39 is 6.10 Å². The van der Waals surface area contributed by atoms with Gasteiger partial charge in [-0.2, -0.15) is 0 Å². The molecule has 102 valence electrons. The number of hydrogen-bond acceptors (Lipinski definition) is 2. The summed E-state index contributed by atoms with van der Waals surface area (Å²) in [5.74, 6) is 0.674. The van der Waals surface area contributed by atoms with Crippen molar-refractivity contribution in [2.75, 3.05) is 6.54 Å². The quantitative estimate of drug-likeness (QED) is 0.876. The van der Waals surface area contributed by atoms with Crippen LogP contribution in [0.1, 0.15) is 59.7 Å². The summed E-state index contributed by atoms with van der Waals surface area (Å²) in [7, 11) is 0. The van der Waals surface area contributed by atoms with Crippen molar-refractivity contribution in [3.8, 4) is 0 Å². The van der Waals surface area contributed by atoms with Gasteiger partial charge in [-0.3, -0.25) is 4.79 Å². The molecule has 19 heavy (non-hydrogen) atoms. The van der Waals surface area contributed by atoms with E-state index in [9.17, 15) is 9.90 Å². The molecular formula is C16H21NO2. The van der Waals surface area contributed by atoms with Crippen LogP contribution in [0.15, 0.2) is 18.2 Å². The Bertz CT molecular complexity index is 480. The Morgan fingerprint density at radius 3 is 2.89 bits per heavy atom. The van der Waals surface area contributed by atoms with Crippen LogP contribution in [0.5, 0.6) is 0 Å². The Morgan fingerprint density at radius 2 is 2.16 bits per heavy atom. The standard InChI is InChI=1S/C16H21NO2/c18-15(9-11-3-1-4-11)13-7-6-12-5-2-8-17-16(19)14(12)10-13/h6-7,10-11,15,18H,1-5,8-9H2,(H,17,19). The zero-order chi connectivity index (χ0) is 13.2. The zero-order valence-corrected chi connectivity index (χ0v) is 11.2. The third-order valence-electron chi connectivity index (χ3n) is 4.45. The number of aliphatic hydroxyl groups excluding tert-OH is 1. The molecule has 1 fully saturated rings. The summed E-state index contributed by atoms with van der Waals surface area (Å²) < 4.78 is 0. The van der Waals surface area contributed by atoms with E-state index in [4.69, 9.17) is 0 Å². The Labute approximate surface area is 114 Å². The summed E-state index contributed by atoms with van der Waals surface area (Å²) in [6.07, 6.45) is 6.11. The molecule has 0 radical (unpaired) electrons. The van der Waals surface area contributed by atoms with Crippen molar-refractivity contribution in [1.82, 2.24) is 5.32 Å². The molecule has 3 heteroatoms. The summed E-state index contributed by atoms with van der Waals surface area (Å²) in [6, 6.07) is 5.89. The highest BCUT2D eigenvalue weighted by Crippen LogP contribution is 2.35. The molecule has 0 bridgehead atoms. The number of aryl methyl sites for hydroxylation is 1. The number of fused-ring (bicyclic) bond motifs is 1. The van der Waals surface area contributed by atoms with Gasteiger partial charge in [-0.25, -0.2) is 0 Å². The highest BCUT2D eigenvalue weighted by atomic mass is 16.3. The summed E-state index contributed by atoms with van der Waals surface area (Å²) in [6.45, 7) is 0.744. The smallest absolute Gasteiger partial charge is 0.251 e. The molecule has 0 aromatic heterocycles. The molecule has 2 N–H and O–H groups in total. The number of amides is 1. The fraction of sp³-hybridized carbons (Fsp3) is 0.562. The number of carbonyl (C=O) groups is 1. The van der Waals surface area contributed by atoms with Gasteiger partial charge < -0.3 is 10.4 Å². The van der Waals surface area contributed by atoms with Crippen molar-refractivity contribution in [2.45, 2.75) is 44.6 Å². The van der Waals surface area contributed by atoms with Crippen molar-refractivity contribution < 1.29 is 9.90 Å². The largest absolute Gasteiger partial charge is 0.388 e. The van der Waals surface area contributed by atoms with E-state index in [2.05, 4.69) is 5.32 Å². The van der Waals surface area contributed by atoms with Crippen molar-refractivity contribution in [3.05, 3.63) is 34.9 Å². The number of hydrogen-bond donors (Lipinski definition) is 2. The van der Waals surface area contributed by atoms with E-state index in [-0.39, 0.29) is 5.91 Å². The normalized spacial score (nSPS) is 21.0. The number of rotatable bonds is 3. The van der Waals surface area contributed by atoms with Crippen LogP contribution in [0.3, 0.4) is 0 Å². The van der Waals surface area contributed by atoms with E-state index in [0.29, 0.717) is 5.92 Å². The summed E-state index contributed by atoms with van der Waals surface area (Å²) in [5.41, 5.74) is 2.75. The monoisotopic (exact) mass is 259 g/mol. The summed E-state index contributed by atoms with van der Waals surface area (Å²) in [4.78, 5) is 12.0. The van der Waals surface area contributed by atoms with Crippen LogP contribution in [0.25, 0.3) is 0 Å². The Morgan fingerprint density at radius 1 is 1.32 bits per heavy atom. The van der Waals surface area contributed by atoms with Gasteiger partial charge in [0.15, 0.2) is 0 Å². The molecular weight excluding hydrogens is 238 g/mol. The van der Waals surface area contributed by atoms with Crippen LogP contribution in [0.2, 0.25) is 0 Å². The molecule has 0 saturated heterocycles. The minimum atomic E-state index is -0.424. The molecule has 1 aromatic rings. The van der Waals surface area contributed by atoms with Crippen LogP contribution in [-0.2, 0) is 6.42 Å². The molecule has 3 nitrogen and oxygen atoms in total. The minimum Gasteiger partial charge on any atom is -0.388 e. The van der Waals surface area contributed by atoms with Gasteiger partial charge in [0.25, 0.3) is 5.91 Å². The molecule has 2 aliphatic rings. The lowest BCUT2D eigenvalue weighted by atomic mass is 9.80. The second-order valence-corrected chi connectivity index (χ2v) is 5.82. The molecule has 1 amide bonds. The van der Waals surface area contributed by atoms with Crippen molar-refractivity contribution in [1.29, 1.82) is 0 Å². The number of nitrogens with one attached hydrogen (secondary N) is 1. The SMILES string of the molecule is O=C1NCCCc2ccc(C(O)CC3CCC3)cc21. The highest BCUT2D eigenvalue weighted by Gasteiger charge is 2.23. The third kappa shape index (κ3) is 2.66. The Balaban J connectivity index is 1.80. The average Bonchev–Trinajstić information content (AvgIpc) is 2.55. The van der Waals surface area contributed by atoms with Crippen LogP contribution in [0.4, 0.5) is 0 Å². The first-order valence-electron chi connectivity index (χ1n) is 7.33. The zero-order valence-electron chi connectivity index (χ0n) is 11.2. The molecule has 0 spiro atoms. The van der Waals surface area contributed by atoms with E-state index in [0.717, 1.165) is 42.5 Å². The van der Waals surface area contributed by atoms with Crippen LogP contribution in [-0.4, -0.2) is 17.6 Å². The predicted octanol–water partition coefficient (Wildman–Crippen LogP) is 2.59. The maximum absolute atomic E-state index is 12.0. The Hall–Kier alpha value is -1.35. The van der Waals surface area contributed by atoms with Crippen molar-refractivity contribution in [2.24, 2.45) is 5.92 Å². The van der Waals surface area contributed by atoms with Crippen LogP contribution >= 0.6 is 0 Å². The molecule has 1 heterocycles. The van der Waals surface area contributed by atoms with Gasteiger partial charge in [-0.05, 0) is 42.4 Å². The van der Waals surface area contributed by atoms with Gasteiger partial charge in [0.05, 0.1) is 6.10 Å². The van der Waals surface area contributed by atoms with E-state index >= 15 is 0 Å².